The van der Waals surface area contributed by atoms with Gasteiger partial charge in [-0.3, -0.25) is 4.68 Å². The predicted octanol–water partition coefficient (Wildman–Crippen LogP) is 2.98. The van der Waals surface area contributed by atoms with E-state index in [1.165, 1.54) is 11.1 Å². The predicted molar refractivity (Wildman–Crippen MR) is 76.6 cm³/mol. The molecule has 0 N–H and O–H groups in total. The quantitative estimate of drug-likeness (QED) is 0.827. The molecule has 0 spiro atoms. The summed E-state index contributed by atoms with van der Waals surface area (Å²) in [5.74, 6) is 0.824. The van der Waals surface area contributed by atoms with Crippen molar-refractivity contribution in [1.82, 2.24) is 9.78 Å². The average molecular weight is 254 g/mol. The first-order valence-electron chi connectivity index (χ1n) is 6.19. The second-order valence-electron chi connectivity index (χ2n) is 4.92. The van der Waals surface area contributed by atoms with E-state index in [1.54, 1.807) is 4.68 Å². The van der Waals surface area contributed by atoms with E-state index in [0.29, 0.717) is 5.56 Å². The maximum absolute atomic E-state index is 9.29. The van der Waals surface area contributed by atoms with E-state index in [9.17, 15) is 5.26 Å². The Hall–Kier alpha value is -2.28. The highest BCUT2D eigenvalue weighted by molar-refractivity contribution is 5.67. The van der Waals surface area contributed by atoms with Crippen molar-refractivity contribution >= 4 is 11.5 Å². The maximum Gasteiger partial charge on any atom is 0.149 e. The third-order valence-electron chi connectivity index (χ3n) is 3.22. The second kappa shape index (κ2) is 4.77. The molecule has 1 aromatic carbocycles. The van der Waals surface area contributed by atoms with E-state index in [2.05, 4.69) is 43.2 Å². The third kappa shape index (κ3) is 2.32. The molecule has 98 valence electrons. The van der Waals surface area contributed by atoms with E-state index in [-0.39, 0.29) is 0 Å². The Bertz CT molecular complexity index is 641. The Morgan fingerprint density at radius 2 is 1.74 bits per heavy atom. The van der Waals surface area contributed by atoms with E-state index in [4.69, 9.17) is 0 Å². The van der Waals surface area contributed by atoms with Crippen molar-refractivity contribution in [2.24, 2.45) is 7.05 Å². The van der Waals surface area contributed by atoms with Crippen LogP contribution in [0.15, 0.2) is 18.2 Å². The summed E-state index contributed by atoms with van der Waals surface area (Å²) in [7, 11) is 3.83. The van der Waals surface area contributed by atoms with E-state index < -0.39 is 0 Å². The number of hydrogen-bond donors (Lipinski definition) is 0. The van der Waals surface area contributed by atoms with Gasteiger partial charge in [0.15, 0.2) is 0 Å². The van der Waals surface area contributed by atoms with Gasteiger partial charge in [-0.25, -0.2) is 0 Å². The molecule has 2 rings (SSSR count). The second-order valence-corrected chi connectivity index (χ2v) is 4.92. The molecule has 4 nitrogen and oxygen atoms in total. The zero-order valence-electron chi connectivity index (χ0n) is 12.0. The molecule has 1 heterocycles. The van der Waals surface area contributed by atoms with Crippen LogP contribution in [0.2, 0.25) is 0 Å². The highest BCUT2D eigenvalue weighted by Gasteiger charge is 2.18. The summed E-state index contributed by atoms with van der Waals surface area (Å²) >= 11 is 0. The van der Waals surface area contributed by atoms with Gasteiger partial charge in [0.25, 0.3) is 0 Å². The Kier molecular flexibility index (Phi) is 3.30. The van der Waals surface area contributed by atoms with Crippen LogP contribution in [0.5, 0.6) is 0 Å². The van der Waals surface area contributed by atoms with Gasteiger partial charge in [-0.2, -0.15) is 10.4 Å². The van der Waals surface area contributed by atoms with Crippen LogP contribution in [-0.2, 0) is 7.05 Å². The molecule has 0 aliphatic rings. The topological polar surface area (TPSA) is 44.9 Å². The monoisotopic (exact) mass is 254 g/mol. The highest BCUT2D eigenvalue weighted by atomic mass is 15.4. The number of rotatable bonds is 2. The zero-order valence-corrected chi connectivity index (χ0v) is 12.0. The van der Waals surface area contributed by atoms with Gasteiger partial charge in [0.1, 0.15) is 17.5 Å². The molecule has 1 aromatic heterocycles. The van der Waals surface area contributed by atoms with Crippen LogP contribution in [-0.4, -0.2) is 16.8 Å². The van der Waals surface area contributed by atoms with Crippen LogP contribution in [0.25, 0.3) is 0 Å². The Morgan fingerprint density at radius 1 is 1.16 bits per heavy atom. The summed E-state index contributed by atoms with van der Waals surface area (Å²) in [5.41, 5.74) is 4.87. The molecule has 19 heavy (non-hydrogen) atoms. The lowest BCUT2D eigenvalue weighted by atomic mass is 10.1. The first kappa shape index (κ1) is 13.2. The molecule has 2 aromatic rings. The molecule has 0 saturated carbocycles. The van der Waals surface area contributed by atoms with Gasteiger partial charge in [-0.05, 0) is 44.0 Å². The first-order valence-corrected chi connectivity index (χ1v) is 6.19. The largest absolute Gasteiger partial charge is 0.329 e. The van der Waals surface area contributed by atoms with Crippen molar-refractivity contribution in [3.63, 3.8) is 0 Å². The number of nitrogens with zero attached hydrogens (tertiary/aromatic N) is 4. The average Bonchev–Trinajstić information content (AvgIpc) is 2.61. The summed E-state index contributed by atoms with van der Waals surface area (Å²) in [6, 6.07) is 8.59. The Morgan fingerprint density at radius 3 is 2.26 bits per heavy atom. The molecule has 0 amide bonds. The minimum absolute atomic E-state index is 0.629. The Balaban J connectivity index is 2.56. The molecule has 0 atom stereocenters. The number of aryl methyl sites for hydroxylation is 4. The molecular formula is C15H18N4. The van der Waals surface area contributed by atoms with E-state index >= 15 is 0 Å². The van der Waals surface area contributed by atoms with Crippen LogP contribution >= 0.6 is 0 Å². The van der Waals surface area contributed by atoms with E-state index in [0.717, 1.165) is 17.2 Å². The van der Waals surface area contributed by atoms with Crippen molar-refractivity contribution in [3.8, 4) is 6.07 Å². The van der Waals surface area contributed by atoms with E-state index in [1.807, 2.05) is 25.9 Å². The molecule has 0 fully saturated rings. The fourth-order valence-corrected chi connectivity index (χ4v) is 2.43. The summed E-state index contributed by atoms with van der Waals surface area (Å²) in [6.07, 6.45) is 0. The van der Waals surface area contributed by atoms with Crippen molar-refractivity contribution in [1.29, 1.82) is 5.26 Å². The SMILES string of the molecule is Cc1cc(C)cc(N(C)c2c(C#N)c(C)nn2C)c1. The summed E-state index contributed by atoms with van der Waals surface area (Å²) in [6.45, 7) is 6.01. The van der Waals surface area contributed by atoms with Gasteiger partial charge in [-0.1, -0.05) is 6.07 Å². The van der Waals surface area contributed by atoms with Gasteiger partial charge < -0.3 is 4.90 Å². The molecule has 0 aliphatic heterocycles. The molecule has 0 radical (unpaired) electrons. The molecule has 0 bridgehead atoms. The van der Waals surface area contributed by atoms with Crippen molar-refractivity contribution in [2.75, 3.05) is 11.9 Å². The van der Waals surface area contributed by atoms with Crippen LogP contribution in [0.3, 0.4) is 0 Å². The van der Waals surface area contributed by atoms with Gasteiger partial charge in [0.05, 0.1) is 5.69 Å². The Labute approximate surface area is 113 Å². The lowest BCUT2D eigenvalue weighted by Crippen LogP contribution is -2.15. The molecule has 0 aliphatic carbocycles. The summed E-state index contributed by atoms with van der Waals surface area (Å²) < 4.78 is 1.76. The number of anilines is 2. The molecule has 0 saturated heterocycles. The fourth-order valence-electron chi connectivity index (χ4n) is 2.43. The smallest absolute Gasteiger partial charge is 0.149 e. The van der Waals surface area contributed by atoms with Crippen LogP contribution in [0.1, 0.15) is 22.4 Å². The number of aromatic nitrogens is 2. The first-order chi connectivity index (χ1) is 8.93. The number of hydrogen-bond acceptors (Lipinski definition) is 3. The van der Waals surface area contributed by atoms with Crippen molar-refractivity contribution in [3.05, 3.63) is 40.6 Å². The highest BCUT2D eigenvalue weighted by Crippen LogP contribution is 2.29. The minimum Gasteiger partial charge on any atom is -0.329 e. The maximum atomic E-state index is 9.29. The summed E-state index contributed by atoms with van der Waals surface area (Å²) in [5, 5.41) is 13.6. The lowest BCUT2D eigenvalue weighted by Gasteiger charge is -2.20. The number of nitriles is 1. The van der Waals surface area contributed by atoms with Crippen LogP contribution in [0, 0.1) is 32.1 Å². The van der Waals surface area contributed by atoms with Crippen LogP contribution in [0.4, 0.5) is 11.5 Å². The molecule has 0 unspecified atom stereocenters. The lowest BCUT2D eigenvalue weighted by molar-refractivity contribution is 0.750. The minimum atomic E-state index is 0.629. The van der Waals surface area contributed by atoms with Gasteiger partial charge in [0, 0.05) is 19.8 Å². The standard InChI is InChI=1S/C15H18N4/c1-10-6-11(2)8-13(7-10)18(4)15-14(9-16)12(3)17-19(15)5/h6-8H,1-5H3. The van der Waals surface area contributed by atoms with Gasteiger partial charge in [-0.15, -0.1) is 0 Å². The van der Waals surface area contributed by atoms with Gasteiger partial charge in [0.2, 0.25) is 0 Å². The number of benzene rings is 1. The van der Waals surface area contributed by atoms with Crippen molar-refractivity contribution < 1.29 is 0 Å². The normalized spacial score (nSPS) is 10.3. The van der Waals surface area contributed by atoms with Crippen molar-refractivity contribution in [2.45, 2.75) is 20.8 Å². The van der Waals surface area contributed by atoms with Crippen LogP contribution < -0.4 is 4.90 Å². The zero-order chi connectivity index (χ0) is 14.2. The summed E-state index contributed by atoms with van der Waals surface area (Å²) in [4.78, 5) is 2.01. The molecular weight excluding hydrogens is 236 g/mol. The molecule has 4 heteroatoms. The fraction of sp³-hybridized carbons (Fsp3) is 0.333. The third-order valence-corrected chi connectivity index (χ3v) is 3.22. The van der Waals surface area contributed by atoms with Gasteiger partial charge >= 0.3 is 0 Å².